The van der Waals surface area contributed by atoms with E-state index in [2.05, 4.69) is 4.98 Å². The molecule has 164 valence electrons. The van der Waals surface area contributed by atoms with E-state index in [4.69, 9.17) is 16.6 Å². The number of hydrogen-bond acceptors (Lipinski definition) is 5. The average molecular weight is 475 g/mol. The van der Waals surface area contributed by atoms with E-state index in [0.29, 0.717) is 38.2 Å². The van der Waals surface area contributed by atoms with Crippen molar-refractivity contribution in [3.8, 4) is 5.69 Å². The van der Waals surface area contributed by atoms with Crippen molar-refractivity contribution in [3.05, 3.63) is 109 Å². The molecule has 0 radical (unpaired) electrons. The van der Waals surface area contributed by atoms with Crippen LogP contribution in [0.15, 0.2) is 81.6 Å². The van der Waals surface area contributed by atoms with Gasteiger partial charge >= 0.3 is 0 Å². The molecule has 2 aromatic carbocycles. The highest BCUT2D eigenvalue weighted by Crippen LogP contribution is 2.26. The second-order valence-corrected chi connectivity index (χ2v) is 9.17. The van der Waals surface area contributed by atoms with Gasteiger partial charge in [-0.15, -0.1) is 0 Å². The van der Waals surface area contributed by atoms with Crippen LogP contribution in [0.4, 0.5) is 0 Å². The number of rotatable bonds is 4. The molecule has 5 rings (SSSR count). The van der Waals surface area contributed by atoms with Crippen molar-refractivity contribution < 1.29 is 0 Å². The Morgan fingerprint density at radius 2 is 1.79 bits per heavy atom. The van der Waals surface area contributed by atoms with Crippen molar-refractivity contribution in [1.82, 2.24) is 18.9 Å². The van der Waals surface area contributed by atoms with E-state index >= 15 is 0 Å². The van der Waals surface area contributed by atoms with Gasteiger partial charge in [0.2, 0.25) is 0 Å². The van der Waals surface area contributed by atoms with Gasteiger partial charge in [0.15, 0.2) is 5.16 Å². The molecule has 33 heavy (non-hydrogen) atoms. The highest BCUT2D eigenvalue weighted by molar-refractivity contribution is 7.98. The molecule has 0 N–H and O–H groups in total. The summed E-state index contributed by atoms with van der Waals surface area (Å²) in [6.45, 7) is 4.00. The zero-order valence-corrected chi connectivity index (χ0v) is 19.5. The molecule has 0 atom stereocenters. The Labute approximate surface area is 198 Å². The van der Waals surface area contributed by atoms with Gasteiger partial charge in [0.1, 0.15) is 5.65 Å². The highest BCUT2D eigenvalue weighted by atomic mass is 35.5. The summed E-state index contributed by atoms with van der Waals surface area (Å²) in [4.78, 5) is 35.4. The van der Waals surface area contributed by atoms with E-state index < -0.39 is 0 Å². The lowest BCUT2D eigenvalue weighted by Gasteiger charge is -2.15. The van der Waals surface area contributed by atoms with E-state index in [1.54, 1.807) is 29.0 Å². The van der Waals surface area contributed by atoms with Gasteiger partial charge in [0.25, 0.3) is 11.1 Å². The number of aryl methyl sites for hydroxylation is 2. The first-order valence-electron chi connectivity index (χ1n) is 10.3. The number of benzene rings is 2. The molecule has 0 aliphatic rings. The standard InChI is InChI=1S/C25H19ClN4O2S/c1-15-7-9-21(16(2)11-15)30-24(32)19-5-3-4-6-20(19)28-25(30)33-14-18-12-23(31)29-13-17(26)8-10-22(29)27-18/h3-13H,14H2,1-2H3. The fourth-order valence-corrected chi connectivity index (χ4v) is 4.88. The summed E-state index contributed by atoms with van der Waals surface area (Å²) in [5.41, 5.74) is 4.29. The summed E-state index contributed by atoms with van der Waals surface area (Å²) >= 11 is 7.37. The molecule has 0 spiro atoms. The van der Waals surface area contributed by atoms with E-state index in [-0.39, 0.29) is 11.1 Å². The minimum Gasteiger partial charge on any atom is -0.269 e. The summed E-state index contributed by atoms with van der Waals surface area (Å²) in [5, 5.41) is 1.57. The minimum atomic E-state index is -0.212. The van der Waals surface area contributed by atoms with Crippen molar-refractivity contribution in [1.29, 1.82) is 0 Å². The van der Waals surface area contributed by atoms with Crippen molar-refractivity contribution in [3.63, 3.8) is 0 Å². The molecular formula is C25H19ClN4O2S. The largest absolute Gasteiger partial charge is 0.269 e. The van der Waals surface area contributed by atoms with Crippen molar-refractivity contribution >= 4 is 39.9 Å². The number of thioether (sulfide) groups is 1. The molecule has 0 aliphatic carbocycles. The molecule has 0 bridgehead atoms. The molecule has 0 aliphatic heterocycles. The Hall–Kier alpha value is -3.42. The molecular weight excluding hydrogens is 456 g/mol. The molecule has 5 aromatic rings. The molecule has 6 nitrogen and oxygen atoms in total. The second kappa shape index (κ2) is 8.50. The predicted molar refractivity (Wildman–Crippen MR) is 133 cm³/mol. The van der Waals surface area contributed by atoms with Crippen LogP contribution in [0.2, 0.25) is 5.02 Å². The van der Waals surface area contributed by atoms with Crippen LogP contribution in [0.3, 0.4) is 0 Å². The van der Waals surface area contributed by atoms with Crippen LogP contribution in [0.1, 0.15) is 16.8 Å². The zero-order chi connectivity index (χ0) is 23.1. The number of halogens is 1. The summed E-state index contributed by atoms with van der Waals surface area (Å²) in [7, 11) is 0. The summed E-state index contributed by atoms with van der Waals surface area (Å²) < 4.78 is 3.06. The first-order chi connectivity index (χ1) is 15.9. The minimum absolute atomic E-state index is 0.128. The molecule has 3 aromatic heterocycles. The van der Waals surface area contributed by atoms with Crippen LogP contribution in [0.5, 0.6) is 0 Å². The third-order valence-corrected chi connectivity index (χ3v) is 6.56. The number of pyridine rings is 1. The van der Waals surface area contributed by atoms with Gasteiger partial charge in [0.05, 0.1) is 27.3 Å². The Kier molecular flexibility index (Phi) is 5.52. The van der Waals surface area contributed by atoms with Crippen molar-refractivity contribution in [2.75, 3.05) is 0 Å². The summed E-state index contributed by atoms with van der Waals surface area (Å²) in [6, 6.07) is 18.2. The normalized spacial score (nSPS) is 11.4. The van der Waals surface area contributed by atoms with Gasteiger partial charge in [-0.25, -0.2) is 9.97 Å². The lowest BCUT2D eigenvalue weighted by atomic mass is 10.1. The van der Waals surface area contributed by atoms with Crippen molar-refractivity contribution in [2.45, 2.75) is 24.8 Å². The molecule has 0 amide bonds. The van der Waals surface area contributed by atoms with Gasteiger partial charge < -0.3 is 0 Å². The molecule has 3 heterocycles. The lowest BCUT2D eigenvalue weighted by molar-refractivity contribution is 0.813. The first kappa shape index (κ1) is 21.4. The topological polar surface area (TPSA) is 69.3 Å². The monoisotopic (exact) mass is 474 g/mol. The number of nitrogens with zero attached hydrogens (tertiary/aromatic N) is 4. The zero-order valence-electron chi connectivity index (χ0n) is 17.9. The van der Waals surface area contributed by atoms with Crippen molar-refractivity contribution in [2.24, 2.45) is 0 Å². The molecule has 8 heteroatoms. The maximum Gasteiger partial charge on any atom is 0.266 e. The van der Waals surface area contributed by atoms with Crippen LogP contribution >= 0.6 is 23.4 Å². The Bertz CT molecular complexity index is 1660. The van der Waals surface area contributed by atoms with Crippen LogP contribution in [-0.2, 0) is 5.75 Å². The van der Waals surface area contributed by atoms with E-state index in [1.807, 2.05) is 50.2 Å². The Morgan fingerprint density at radius 1 is 0.970 bits per heavy atom. The maximum atomic E-state index is 13.5. The number of hydrogen-bond donors (Lipinski definition) is 0. The number of fused-ring (bicyclic) bond motifs is 2. The summed E-state index contributed by atoms with van der Waals surface area (Å²) in [5.74, 6) is 0.379. The number of para-hydroxylation sites is 1. The quantitative estimate of drug-likeness (QED) is 0.272. The Morgan fingerprint density at radius 3 is 2.61 bits per heavy atom. The molecule has 0 saturated carbocycles. The maximum absolute atomic E-state index is 13.5. The fourth-order valence-electron chi connectivity index (χ4n) is 3.82. The van der Waals surface area contributed by atoms with Gasteiger partial charge in [-0.05, 0) is 49.7 Å². The lowest BCUT2D eigenvalue weighted by Crippen LogP contribution is -2.22. The third kappa shape index (κ3) is 4.05. The third-order valence-electron chi connectivity index (χ3n) is 5.36. The number of aromatic nitrogens is 4. The van der Waals surface area contributed by atoms with Crippen LogP contribution in [0, 0.1) is 13.8 Å². The molecule has 0 unspecified atom stereocenters. The van der Waals surface area contributed by atoms with Gasteiger partial charge in [-0.3, -0.25) is 18.6 Å². The van der Waals surface area contributed by atoms with Crippen LogP contribution in [-0.4, -0.2) is 18.9 Å². The smallest absolute Gasteiger partial charge is 0.266 e. The first-order valence-corrected chi connectivity index (χ1v) is 11.7. The fraction of sp³-hybridized carbons (Fsp3) is 0.120. The van der Waals surface area contributed by atoms with E-state index in [0.717, 1.165) is 16.8 Å². The van der Waals surface area contributed by atoms with Crippen LogP contribution < -0.4 is 11.1 Å². The Balaban J connectivity index is 1.62. The second-order valence-electron chi connectivity index (χ2n) is 7.79. The van der Waals surface area contributed by atoms with E-state index in [9.17, 15) is 9.59 Å². The molecule has 0 fully saturated rings. The van der Waals surface area contributed by atoms with Gasteiger partial charge in [-0.2, -0.15) is 0 Å². The average Bonchev–Trinajstić information content (AvgIpc) is 2.79. The predicted octanol–water partition coefficient (Wildman–Crippen LogP) is 4.96. The van der Waals surface area contributed by atoms with Crippen LogP contribution in [0.25, 0.3) is 22.2 Å². The van der Waals surface area contributed by atoms with E-state index in [1.165, 1.54) is 22.2 Å². The molecule has 0 saturated heterocycles. The van der Waals surface area contributed by atoms with Gasteiger partial charge in [0, 0.05) is 18.0 Å². The SMILES string of the molecule is Cc1ccc(-n2c(SCc3cc(=O)n4cc(Cl)ccc4n3)nc3ccccc3c2=O)c(C)c1. The summed E-state index contributed by atoms with van der Waals surface area (Å²) in [6.07, 6.45) is 1.55. The van der Waals surface area contributed by atoms with Gasteiger partial charge in [-0.1, -0.05) is 53.2 Å². The highest BCUT2D eigenvalue weighted by Gasteiger charge is 2.16.